The summed E-state index contributed by atoms with van der Waals surface area (Å²) in [5.41, 5.74) is 0.469. The molecule has 0 aliphatic rings. The zero-order valence-electron chi connectivity index (χ0n) is 18.8. The second-order valence-electron chi connectivity index (χ2n) is 8.37. The first-order valence-corrected chi connectivity index (χ1v) is 19.3. The van der Waals surface area contributed by atoms with Crippen LogP contribution in [-0.2, 0) is 9.53 Å². The van der Waals surface area contributed by atoms with Crippen LogP contribution in [0.5, 0.6) is 0 Å². The monoisotopic (exact) mass is 514 g/mol. The van der Waals surface area contributed by atoms with Crippen molar-refractivity contribution < 1.29 is 18.7 Å². The maximum atomic E-state index is 13.2. The SMILES string of the molecule is CCC[CH2][Sn]([CH2]CCC)([CH2]CCC)[CH2]C(CC(=O)c1ccc(F)cc1)C(=O)OC. The number of unbranched alkanes of at least 4 members (excludes halogenated alkanes) is 3. The fourth-order valence-corrected chi connectivity index (χ4v) is 21.5. The van der Waals surface area contributed by atoms with Crippen LogP contribution in [0, 0.1) is 11.7 Å². The van der Waals surface area contributed by atoms with E-state index in [1.807, 2.05) is 0 Å². The van der Waals surface area contributed by atoms with Gasteiger partial charge in [0, 0.05) is 0 Å². The molecule has 0 N–H and O–H groups in total. The van der Waals surface area contributed by atoms with Crippen molar-refractivity contribution in [2.45, 2.75) is 83.5 Å². The summed E-state index contributed by atoms with van der Waals surface area (Å²) in [5.74, 6) is -1.08. The molecule has 0 saturated heterocycles. The van der Waals surface area contributed by atoms with E-state index in [4.69, 9.17) is 4.74 Å². The summed E-state index contributed by atoms with van der Waals surface area (Å²) in [5, 5.41) is 0. The van der Waals surface area contributed by atoms with Crippen LogP contribution in [-0.4, -0.2) is 37.2 Å². The average molecular weight is 513 g/mol. The summed E-state index contributed by atoms with van der Waals surface area (Å²) in [6.07, 6.45) is 7.37. The quantitative estimate of drug-likeness (QED) is 0.144. The topological polar surface area (TPSA) is 43.4 Å². The molecule has 0 fully saturated rings. The van der Waals surface area contributed by atoms with Crippen molar-refractivity contribution in [3.8, 4) is 0 Å². The van der Waals surface area contributed by atoms with Gasteiger partial charge in [-0.25, -0.2) is 0 Å². The number of halogens is 1. The van der Waals surface area contributed by atoms with Crippen molar-refractivity contribution in [2.24, 2.45) is 5.92 Å². The van der Waals surface area contributed by atoms with E-state index in [1.165, 1.54) is 83.2 Å². The molecule has 0 aromatic heterocycles. The molecule has 1 aromatic rings. The molecule has 0 amide bonds. The number of ketones is 1. The second kappa shape index (κ2) is 14.2. The molecule has 0 aliphatic carbocycles. The van der Waals surface area contributed by atoms with E-state index in [9.17, 15) is 14.0 Å². The molecular weight excluding hydrogens is 474 g/mol. The Hall–Kier alpha value is -0.911. The van der Waals surface area contributed by atoms with Gasteiger partial charge in [-0.3, -0.25) is 0 Å². The van der Waals surface area contributed by atoms with Gasteiger partial charge in [0.2, 0.25) is 0 Å². The van der Waals surface area contributed by atoms with Crippen molar-refractivity contribution in [1.82, 2.24) is 0 Å². The van der Waals surface area contributed by atoms with Crippen LogP contribution >= 0.6 is 0 Å². The first-order chi connectivity index (χ1) is 13.9. The third-order valence-electron chi connectivity index (χ3n) is 5.99. The van der Waals surface area contributed by atoms with Crippen LogP contribution in [0.1, 0.15) is 76.1 Å². The van der Waals surface area contributed by atoms with Crippen LogP contribution in [0.4, 0.5) is 4.39 Å². The first kappa shape index (κ1) is 26.1. The summed E-state index contributed by atoms with van der Waals surface area (Å²) in [7, 11) is 1.42. The molecule has 1 rings (SSSR count). The molecule has 0 saturated carbocycles. The zero-order chi connectivity index (χ0) is 21.7. The number of carbonyl (C=O) groups is 2. The molecule has 0 heterocycles. The molecular formula is C24H39FO3Sn. The number of Topliss-reactive ketones (excluding diaryl/α,β-unsaturated/α-hetero) is 1. The number of ether oxygens (including phenoxy) is 1. The van der Waals surface area contributed by atoms with Gasteiger partial charge in [-0.1, -0.05) is 0 Å². The summed E-state index contributed by atoms with van der Waals surface area (Å²) in [6.45, 7) is 6.68. The Balaban J connectivity index is 3.07. The normalized spacial score (nSPS) is 12.6. The van der Waals surface area contributed by atoms with Gasteiger partial charge >= 0.3 is 181 Å². The Kier molecular flexibility index (Phi) is 12.8. The zero-order valence-corrected chi connectivity index (χ0v) is 21.6. The number of hydrogen-bond donors (Lipinski definition) is 0. The maximum absolute atomic E-state index is 13.2. The van der Waals surface area contributed by atoms with Gasteiger partial charge < -0.3 is 0 Å². The molecule has 29 heavy (non-hydrogen) atoms. The molecule has 3 nitrogen and oxygen atoms in total. The number of esters is 1. The molecule has 164 valence electrons. The summed E-state index contributed by atoms with van der Waals surface area (Å²) >= 11 is -2.59. The standard InChI is InChI=1S/C12H12FO3.3C4H9.Sn/c1-8(12(15)16-2)7-11(14)9-3-5-10(13)6-4-9;3*1-3-4-2;/h3-6,8H,1,7H2,2H3;3*1,3-4H2,2H3;. The van der Waals surface area contributed by atoms with Crippen LogP contribution < -0.4 is 0 Å². The number of methoxy groups -OCH3 is 1. The average Bonchev–Trinajstić information content (AvgIpc) is 2.73. The molecule has 0 bridgehead atoms. The third kappa shape index (κ3) is 9.18. The van der Waals surface area contributed by atoms with E-state index in [2.05, 4.69) is 20.8 Å². The van der Waals surface area contributed by atoms with Crippen LogP contribution in [0.25, 0.3) is 0 Å². The van der Waals surface area contributed by atoms with Crippen LogP contribution in [0.3, 0.4) is 0 Å². The van der Waals surface area contributed by atoms with Gasteiger partial charge in [0.25, 0.3) is 0 Å². The Morgan fingerprint density at radius 2 is 1.41 bits per heavy atom. The van der Waals surface area contributed by atoms with Crippen molar-refractivity contribution in [1.29, 1.82) is 0 Å². The van der Waals surface area contributed by atoms with Crippen molar-refractivity contribution >= 4 is 30.1 Å². The number of hydrogen-bond acceptors (Lipinski definition) is 3. The predicted molar refractivity (Wildman–Crippen MR) is 121 cm³/mol. The summed E-state index contributed by atoms with van der Waals surface area (Å²) < 4.78 is 23.1. The fraction of sp³-hybridized carbons (Fsp3) is 0.667. The van der Waals surface area contributed by atoms with Gasteiger partial charge in [-0.2, -0.15) is 0 Å². The van der Waals surface area contributed by atoms with Gasteiger partial charge in [-0.15, -0.1) is 0 Å². The van der Waals surface area contributed by atoms with Crippen molar-refractivity contribution in [3.05, 3.63) is 35.6 Å². The Morgan fingerprint density at radius 1 is 0.931 bits per heavy atom. The van der Waals surface area contributed by atoms with E-state index in [-0.39, 0.29) is 29.9 Å². The molecule has 0 spiro atoms. The van der Waals surface area contributed by atoms with E-state index < -0.39 is 18.4 Å². The van der Waals surface area contributed by atoms with E-state index in [0.717, 1.165) is 4.44 Å². The molecule has 0 aliphatic heterocycles. The van der Waals surface area contributed by atoms with Crippen molar-refractivity contribution in [2.75, 3.05) is 7.11 Å². The fourth-order valence-electron chi connectivity index (χ4n) is 4.24. The van der Waals surface area contributed by atoms with Gasteiger partial charge in [0.05, 0.1) is 0 Å². The van der Waals surface area contributed by atoms with E-state index >= 15 is 0 Å². The van der Waals surface area contributed by atoms with Crippen molar-refractivity contribution in [3.63, 3.8) is 0 Å². The summed E-state index contributed by atoms with van der Waals surface area (Å²) in [6, 6.07) is 5.61. The Bertz CT molecular complexity index is 593. The van der Waals surface area contributed by atoms with E-state index in [1.54, 1.807) is 0 Å². The number of rotatable bonds is 15. The Labute approximate surface area is 180 Å². The molecule has 1 atom stereocenters. The summed E-state index contributed by atoms with van der Waals surface area (Å²) in [4.78, 5) is 25.4. The Morgan fingerprint density at radius 3 is 1.83 bits per heavy atom. The minimum absolute atomic E-state index is 0.0953. The molecule has 1 unspecified atom stereocenters. The van der Waals surface area contributed by atoms with Gasteiger partial charge in [-0.05, 0) is 0 Å². The van der Waals surface area contributed by atoms with E-state index in [0.29, 0.717) is 5.56 Å². The molecule has 1 aromatic carbocycles. The van der Waals surface area contributed by atoms with Crippen LogP contribution in [0.2, 0.25) is 17.7 Å². The van der Waals surface area contributed by atoms with Crippen LogP contribution in [0.15, 0.2) is 24.3 Å². The molecule has 5 heteroatoms. The van der Waals surface area contributed by atoms with Gasteiger partial charge in [0.1, 0.15) is 0 Å². The second-order valence-corrected chi connectivity index (χ2v) is 22.4. The minimum atomic E-state index is -2.59. The molecule has 0 radical (unpaired) electrons. The van der Waals surface area contributed by atoms with Gasteiger partial charge in [0.15, 0.2) is 0 Å². The predicted octanol–water partition coefficient (Wildman–Crippen LogP) is 7.04. The number of benzene rings is 1. The number of carbonyl (C=O) groups excluding carboxylic acids is 2. The first-order valence-electron chi connectivity index (χ1n) is 11.3. The third-order valence-corrected chi connectivity index (χ3v) is 22.0.